The number of methoxy groups -OCH3 is 1. The smallest absolute Gasteiger partial charge is 0.126 e. The zero-order valence-corrected chi connectivity index (χ0v) is 9.10. The van der Waals surface area contributed by atoms with E-state index in [1.54, 1.807) is 18.4 Å². The summed E-state index contributed by atoms with van der Waals surface area (Å²) in [6.45, 7) is 2.07. The Bertz CT molecular complexity index is 418. The summed E-state index contributed by atoms with van der Waals surface area (Å²) >= 11 is 1.70. The maximum Gasteiger partial charge on any atom is 0.126 e. The van der Waals surface area contributed by atoms with Crippen LogP contribution in [0.2, 0.25) is 0 Å². The second-order valence-corrected chi connectivity index (χ2v) is 4.00. The second-order valence-electron chi connectivity index (χ2n) is 3.22. The summed E-state index contributed by atoms with van der Waals surface area (Å²) in [6.07, 6.45) is 0. The molecule has 0 N–H and O–H groups in total. The third-order valence-electron chi connectivity index (χ3n) is 2.19. The summed E-state index contributed by atoms with van der Waals surface area (Å²) in [6, 6.07) is 8.39. The molecular weight excluding hydrogens is 192 g/mol. The summed E-state index contributed by atoms with van der Waals surface area (Å²) in [5, 5.41) is 4.21. The maximum atomic E-state index is 5.35. The number of ether oxygens (including phenoxy) is 1. The highest BCUT2D eigenvalue weighted by Crippen LogP contribution is 2.31. The lowest BCUT2D eigenvalue weighted by Gasteiger charge is -2.07. The first-order chi connectivity index (χ1) is 6.81. The molecule has 2 aromatic rings. The van der Waals surface area contributed by atoms with Gasteiger partial charge in [0, 0.05) is 5.56 Å². The minimum Gasteiger partial charge on any atom is -0.496 e. The number of benzene rings is 1. The molecular formula is C12H12OS. The Balaban J connectivity index is 2.53. The fourth-order valence-corrected chi connectivity index (χ4v) is 2.11. The quantitative estimate of drug-likeness (QED) is 0.724. The minimum atomic E-state index is 0.948. The lowest BCUT2D eigenvalue weighted by molar-refractivity contribution is 0.416. The average molecular weight is 204 g/mol. The third kappa shape index (κ3) is 1.66. The third-order valence-corrected chi connectivity index (χ3v) is 2.87. The van der Waals surface area contributed by atoms with Crippen molar-refractivity contribution < 1.29 is 4.74 Å². The van der Waals surface area contributed by atoms with Crippen molar-refractivity contribution >= 4 is 11.3 Å². The van der Waals surface area contributed by atoms with Gasteiger partial charge in [-0.05, 0) is 40.9 Å². The number of rotatable bonds is 2. The van der Waals surface area contributed by atoms with E-state index in [1.165, 1.54) is 16.7 Å². The molecule has 1 heterocycles. The topological polar surface area (TPSA) is 9.23 Å². The monoisotopic (exact) mass is 204 g/mol. The number of hydrogen-bond donors (Lipinski definition) is 0. The van der Waals surface area contributed by atoms with Gasteiger partial charge < -0.3 is 4.74 Å². The highest BCUT2D eigenvalue weighted by atomic mass is 32.1. The van der Waals surface area contributed by atoms with E-state index in [1.807, 2.05) is 0 Å². The van der Waals surface area contributed by atoms with Gasteiger partial charge in [0.05, 0.1) is 7.11 Å². The molecule has 14 heavy (non-hydrogen) atoms. The molecule has 0 fully saturated rings. The summed E-state index contributed by atoms with van der Waals surface area (Å²) in [5.74, 6) is 0.948. The van der Waals surface area contributed by atoms with Crippen LogP contribution in [0.1, 0.15) is 5.56 Å². The van der Waals surface area contributed by atoms with Crippen LogP contribution in [0.4, 0.5) is 0 Å². The molecule has 0 saturated carbocycles. The molecule has 0 spiro atoms. The van der Waals surface area contributed by atoms with Gasteiger partial charge in [0.15, 0.2) is 0 Å². The van der Waals surface area contributed by atoms with Crippen LogP contribution in [-0.2, 0) is 0 Å². The molecule has 0 aliphatic carbocycles. The zero-order chi connectivity index (χ0) is 9.97. The van der Waals surface area contributed by atoms with Crippen molar-refractivity contribution in [2.24, 2.45) is 0 Å². The first-order valence-electron chi connectivity index (χ1n) is 4.48. The normalized spacial score (nSPS) is 10.1. The van der Waals surface area contributed by atoms with Gasteiger partial charge >= 0.3 is 0 Å². The first kappa shape index (κ1) is 9.28. The largest absolute Gasteiger partial charge is 0.496 e. The molecule has 2 rings (SSSR count). The maximum absolute atomic E-state index is 5.35. The van der Waals surface area contributed by atoms with Crippen LogP contribution in [0, 0.1) is 6.92 Å². The summed E-state index contributed by atoms with van der Waals surface area (Å²) in [4.78, 5) is 0. The van der Waals surface area contributed by atoms with Gasteiger partial charge in [-0.15, -0.1) is 0 Å². The van der Waals surface area contributed by atoms with Gasteiger partial charge in [-0.2, -0.15) is 11.3 Å². The summed E-state index contributed by atoms with van der Waals surface area (Å²) < 4.78 is 5.35. The second kappa shape index (κ2) is 3.84. The molecule has 2 heteroatoms. The van der Waals surface area contributed by atoms with Crippen LogP contribution >= 0.6 is 11.3 Å². The van der Waals surface area contributed by atoms with E-state index in [4.69, 9.17) is 4.74 Å². The van der Waals surface area contributed by atoms with Crippen LogP contribution in [0.5, 0.6) is 5.75 Å². The molecule has 72 valence electrons. The van der Waals surface area contributed by atoms with E-state index in [0.29, 0.717) is 0 Å². The van der Waals surface area contributed by atoms with Crippen LogP contribution in [0.25, 0.3) is 11.1 Å². The fraction of sp³-hybridized carbons (Fsp3) is 0.167. The Morgan fingerprint density at radius 3 is 2.71 bits per heavy atom. The Labute approximate surface area is 88.0 Å². The molecule has 0 aliphatic rings. The predicted octanol–water partition coefficient (Wildman–Crippen LogP) is 3.73. The molecule has 0 atom stereocenters. The van der Waals surface area contributed by atoms with Crippen LogP contribution in [0.3, 0.4) is 0 Å². The lowest BCUT2D eigenvalue weighted by Crippen LogP contribution is -1.87. The number of thiophene rings is 1. The van der Waals surface area contributed by atoms with E-state index in [9.17, 15) is 0 Å². The van der Waals surface area contributed by atoms with E-state index in [2.05, 4.69) is 41.9 Å². The Hall–Kier alpha value is -1.28. The Morgan fingerprint density at radius 1 is 1.21 bits per heavy atom. The molecule has 0 aliphatic heterocycles. The van der Waals surface area contributed by atoms with Crippen molar-refractivity contribution in [3.8, 4) is 16.9 Å². The zero-order valence-electron chi connectivity index (χ0n) is 8.28. The SMILES string of the molecule is COc1cc(C)ccc1-c1ccsc1. The van der Waals surface area contributed by atoms with Crippen molar-refractivity contribution in [2.75, 3.05) is 7.11 Å². The Morgan fingerprint density at radius 2 is 2.07 bits per heavy atom. The summed E-state index contributed by atoms with van der Waals surface area (Å²) in [5.41, 5.74) is 3.62. The Kier molecular flexibility index (Phi) is 2.55. The average Bonchev–Trinajstić information content (AvgIpc) is 2.70. The molecule has 0 amide bonds. The fourth-order valence-electron chi connectivity index (χ4n) is 1.45. The highest BCUT2D eigenvalue weighted by Gasteiger charge is 2.05. The molecule has 0 saturated heterocycles. The van der Waals surface area contributed by atoms with Crippen molar-refractivity contribution in [1.82, 2.24) is 0 Å². The highest BCUT2D eigenvalue weighted by molar-refractivity contribution is 7.08. The van der Waals surface area contributed by atoms with Gasteiger partial charge in [0.1, 0.15) is 5.75 Å². The first-order valence-corrected chi connectivity index (χ1v) is 5.43. The van der Waals surface area contributed by atoms with Crippen LogP contribution < -0.4 is 4.74 Å². The van der Waals surface area contributed by atoms with Crippen LogP contribution in [-0.4, -0.2) is 7.11 Å². The van der Waals surface area contributed by atoms with Crippen molar-refractivity contribution in [3.63, 3.8) is 0 Å². The molecule has 1 nitrogen and oxygen atoms in total. The molecule has 0 bridgehead atoms. The van der Waals surface area contributed by atoms with E-state index in [0.717, 1.165) is 5.75 Å². The van der Waals surface area contributed by atoms with Crippen molar-refractivity contribution in [2.45, 2.75) is 6.92 Å². The van der Waals surface area contributed by atoms with Gasteiger partial charge in [-0.1, -0.05) is 12.1 Å². The standard InChI is InChI=1S/C12H12OS/c1-9-3-4-11(12(7-9)13-2)10-5-6-14-8-10/h3-8H,1-2H3. The molecule has 1 aromatic heterocycles. The van der Waals surface area contributed by atoms with Crippen molar-refractivity contribution in [1.29, 1.82) is 0 Å². The van der Waals surface area contributed by atoms with Gasteiger partial charge in [-0.3, -0.25) is 0 Å². The van der Waals surface area contributed by atoms with E-state index < -0.39 is 0 Å². The lowest BCUT2D eigenvalue weighted by atomic mass is 10.1. The van der Waals surface area contributed by atoms with Gasteiger partial charge in [0.25, 0.3) is 0 Å². The minimum absolute atomic E-state index is 0.948. The molecule has 0 radical (unpaired) electrons. The predicted molar refractivity (Wildman–Crippen MR) is 61.0 cm³/mol. The van der Waals surface area contributed by atoms with Gasteiger partial charge in [-0.25, -0.2) is 0 Å². The number of hydrogen-bond acceptors (Lipinski definition) is 2. The number of aryl methyl sites for hydroxylation is 1. The summed E-state index contributed by atoms with van der Waals surface area (Å²) in [7, 11) is 1.71. The van der Waals surface area contributed by atoms with E-state index in [-0.39, 0.29) is 0 Å². The molecule has 0 unspecified atom stereocenters. The van der Waals surface area contributed by atoms with Gasteiger partial charge in [0.2, 0.25) is 0 Å². The van der Waals surface area contributed by atoms with Crippen LogP contribution in [0.15, 0.2) is 35.0 Å². The van der Waals surface area contributed by atoms with E-state index >= 15 is 0 Å². The molecule has 1 aromatic carbocycles. The van der Waals surface area contributed by atoms with Crippen molar-refractivity contribution in [3.05, 3.63) is 40.6 Å².